The normalized spacial score (nSPS) is 12.8. The van der Waals surface area contributed by atoms with Gasteiger partial charge in [0.15, 0.2) is 0 Å². The minimum atomic E-state index is -0.144. The molecule has 0 saturated carbocycles. The molecule has 0 aliphatic rings. The van der Waals surface area contributed by atoms with E-state index in [-0.39, 0.29) is 11.9 Å². The molecule has 0 radical (unpaired) electrons. The Morgan fingerprint density at radius 3 is 2.60 bits per heavy atom. The molecule has 0 fully saturated rings. The molecule has 1 nitrogen and oxygen atoms in total. The highest BCUT2D eigenvalue weighted by atomic mass is 19.1. The van der Waals surface area contributed by atoms with E-state index in [9.17, 15) is 4.39 Å². The monoisotopic (exact) mass is 209 g/mol. The van der Waals surface area contributed by atoms with Gasteiger partial charge in [0.05, 0.1) is 0 Å². The van der Waals surface area contributed by atoms with Gasteiger partial charge in [0.1, 0.15) is 5.82 Å². The summed E-state index contributed by atoms with van der Waals surface area (Å²) in [5, 5.41) is 0. The Hall–Kier alpha value is -0.890. The average Bonchev–Trinajstić information content (AvgIpc) is 2.14. The second kappa shape index (κ2) is 5.86. The van der Waals surface area contributed by atoms with Crippen molar-refractivity contribution in [2.75, 3.05) is 0 Å². The molecule has 1 atom stereocenters. The summed E-state index contributed by atoms with van der Waals surface area (Å²) >= 11 is 0. The van der Waals surface area contributed by atoms with E-state index in [0.29, 0.717) is 0 Å². The first-order valence-corrected chi connectivity index (χ1v) is 5.63. The van der Waals surface area contributed by atoms with Crippen LogP contribution in [0.15, 0.2) is 18.2 Å². The number of aryl methyl sites for hydroxylation is 2. The van der Waals surface area contributed by atoms with Crippen molar-refractivity contribution in [3.05, 3.63) is 35.1 Å². The molecule has 0 aliphatic carbocycles. The van der Waals surface area contributed by atoms with Gasteiger partial charge in [-0.25, -0.2) is 4.39 Å². The van der Waals surface area contributed by atoms with Crippen molar-refractivity contribution < 1.29 is 4.39 Å². The van der Waals surface area contributed by atoms with Gasteiger partial charge in [-0.1, -0.05) is 19.4 Å². The van der Waals surface area contributed by atoms with Crippen LogP contribution in [-0.2, 0) is 6.42 Å². The Balaban J connectivity index is 2.50. The van der Waals surface area contributed by atoms with Crippen molar-refractivity contribution in [1.29, 1.82) is 0 Å². The predicted molar refractivity (Wildman–Crippen MR) is 62.3 cm³/mol. The highest BCUT2D eigenvalue weighted by Crippen LogP contribution is 2.12. The van der Waals surface area contributed by atoms with Crippen molar-refractivity contribution in [3.63, 3.8) is 0 Å². The van der Waals surface area contributed by atoms with E-state index in [2.05, 4.69) is 6.92 Å². The molecule has 1 aromatic carbocycles. The van der Waals surface area contributed by atoms with Crippen molar-refractivity contribution in [1.82, 2.24) is 0 Å². The number of halogens is 1. The van der Waals surface area contributed by atoms with Crippen molar-refractivity contribution >= 4 is 0 Å². The van der Waals surface area contributed by atoms with Crippen molar-refractivity contribution in [2.24, 2.45) is 5.73 Å². The molecule has 0 amide bonds. The lowest BCUT2D eigenvalue weighted by Crippen LogP contribution is -2.20. The number of nitrogens with two attached hydrogens (primary N) is 1. The number of rotatable bonds is 5. The molecular weight excluding hydrogens is 189 g/mol. The fraction of sp³-hybridized carbons (Fsp3) is 0.538. The van der Waals surface area contributed by atoms with E-state index < -0.39 is 0 Å². The van der Waals surface area contributed by atoms with Crippen molar-refractivity contribution in [2.45, 2.75) is 45.6 Å². The third-order valence-electron chi connectivity index (χ3n) is 2.57. The summed E-state index contributed by atoms with van der Waals surface area (Å²) in [4.78, 5) is 0. The summed E-state index contributed by atoms with van der Waals surface area (Å²) in [6.07, 6.45) is 3.98. The molecule has 0 bridgehead atoms. The molecule has 1 aromatic rings. The van der Waals surface area contributed by atoms with E-state index in [1.807, 2.05) is 13.0 Å². The van der Waals surface area contributed by atoms with Gasteiger partial charge in [-0.05, 0) is 49.4 Å². The zero-order valence-corrected chi connectivity index (χ0v) is 9.59. The molecule has 0 heterocycles. The van der Waals surface area contributed by atoms with Gasteiger partial charge in [-0.15, -0.1) is 0 Å². The van der Waals surface area contributed by atoms with Gasteiger partial charge in [0.2, 0.25) is 0 Å². The maximum atomic E-state index is 13.1. The predicted octanol–water partition coefficient (Wildman–Crippen LogP) is 3.19. The fourth-order valence-corrected chi connectivity index (χ4v) is 1.82. The molecule has 15 heavy (non-hydrogen) atoms. The second-order valence-electron chi connectivity index (χ2n) is 4.22. The van der Waals surface area contributed by atoms with Gasteiger partial charge in [0.25, 0.3) is 0 Å². The third-order valence-corrected chi connectivity index (χ3v) is 2.57. The molecular formula is C13H20FN. The molecule has 0 aliphatic heterocycles. The van der Waals surface area contributed by atoms with Crippen molar-refractivity contribution in [3.8, 4) is 0 Å². The maximum absolute atomic E-state index is 13.1. The van der Waals surface area contributed by atoms with Gasteiger partial charge in [0, 0.05) is 6.04 Å². The Labute approximate surface area is 91.5 Å². The van der Waals surface area contributed by atoms with Crippen LogP contribution < -0.4 is 5.73 Å². The van der Waals surface area contributed by atoms with E-state index in [1.165, 1.54) is 0 Å². The zero-order valence-electron chi connectivity index (χ0n) is 9.59. The molecule has 2 N–H and O–H groups in total. The van der Waals surface area contributed by atoms with Gasteiger partial charge in [-0.2, -0.15) is 0 Å². The van der Waals surface area contributed by atoms with E-state index in [0.717, 1.165) is 36.8 Å². The summed E-state index contributed by atoms with van der Waals surface area (Å²) in [7, 11) is 0. The first-order chi connectivity index (χ1) is 7.11. The maximum Gasteiger partial charge on any atom is 0.123 e. The smallest absolute Gasteiger partial charge is 0.123 e. The summed E-state index contributed by atoms with van der Waals surface area (Å²) in [6, 6.07) is 5.43. The van der Waals surface area contributed by atoms with Crippen LogP contribution in [0.25, 0.3) is 0 Å². The lowest BCUT2D eigenvalue weighted by atomic mass is 10.0. The standard InChI is InChI=1S/C13H20FN/c1-3-4-13(15)6-5-11-7-10(2)8-12(14)9-11/h7-9,13H,3-6,15H2,1-2H3. The Morgan fingerprint density at radius 2 is 2.00 bits per heavy atom. The van der Waals surface area contributed by atoms with Crippen LogP contribution in [0.3, 0.4) is 0 Å². The summed E-state index contributed by atoms with van der Waals surface area (Å²) < 4.78 is 13.1. The Morgan fingerprint density at radius 1 is 1.27 bits per heavy atom. The van der Waals surface area contributed by atoms with Crippen LogP contribution in [0, 0.1) is 12.7 Å². The van der Waals surface area contributed by atoms with E-state index >= 15 is 0 Å². The number of hydrogen-bond acceptors (Lipinski definition) is 1. The van der Waals surface area contributed by atoms with E-state index in [1.54, 1.807) is 12.1 Å². The van der Waals surface area contributed by atoms with Crippen LogP contribution in [0.5, 0.6) is 0 Å². The third kappa shape index (κ3) is 4.43. The summed E-state index contributed by atoms with van der Waals surface area (Å²) in [6.45, 7) is 4.05. The lowest BCUT2D eigenvalue weighted by Gasteiger charge is -2.10. The Bertz CT molecular complexity index is 289. The molecule has 0 saturated heterocycles. The molecule has 2 heteroatoms. The van der Waals surface area contributed by atoms with Crippen LogP contribution in [0.1, 0.15) is 37.3 Å². The van der Waals surface area contributed by atoms with E-state index in [4.69, 9.17) is 5.73 Å². The quantitative estimate of drug-likeness (QED) is 0.791. The summed E-state index contributed by atoms with van der Waals surface area (Å²) in [5.41, 5.74) is 7.95. The van der Waals surface area contributed by atoms with Gasteiger partial charge in [-0.3, -0.25) is 0 Å². The first kappa shape index (κ1) is 12.2. The Kier molecular flexibility index (Phi) is 4.76. The SMILES string of the molecule is CCCC(N)CCc1cc(C)cc(F)c1. The zero-order chi connectivity index (χ0) is 11.3. The van der Waals surface area contributed by atoms with Crippen LogP contribution in [0.2, 0.25) is 0 Å². The second-order valence-corrected chi connectivity index (χ2v) is 4.22. The molecule has 1 unspecified atom stereocenters. The first-order valence-electron chi connectivity index (χ1n) is 5.63. The topological polar surface area (TPSA) is 26.0 Å². The minimum absolute atomic E-state index is 0.144. The largest absolute Gasteiger partial charge is 0.328 e. The molecule has 0 aromatic heterocycles. The average molecular weight is 209 g/mol. The highest BCUT2D eigenvalue weighted by Gasteiger charge is 2.03. The number of hydrogen-bond donors (Lipinski definition) is 1. The van der Waals surface area contributed by atoms with Crippen LogP contribution in [0.4, 0.5) is 4.39 Å². The van der Waals surface area contributed by atoms with Crippen LogP contribution >= 0.6 is 0 Å². The minimum Gasteiger partial charge on any atom is -0.328 e. The molecule has 84 valence electrons. The lowest BCUT2D eigenvalue weighted by molar-refractivity contribution is 0.558. The molecule has 1 rings (SSSR count). The van der Waals surface area contributed by atoms with Gasteiger partial charge >= 0.3 is 0 Å². The molecule has 0 spiro atoms. The summed E-state index contributed by atoms with van der Waals surface area (Å²) in [5.74, 6) is -0.144. The van der Waals surface area contributed by atoms with Gasteiger partial charge < -0.3 is 5.73 Å². The fourth-order valence-electron chi connectivity index (χ4n) is 1.82. The highest BCUT2D eigenvalue weighted by molar-refractivity contribution is 5.23. The van der Waals surface area contributed by atoms with Crippen LogP contribution in [-0.4, -0.2) is 6.04 Å². The number of benzene rings is 1.